The lowest BCUT2D eigenvalue weighted by Gasteiger charge is -2.14. The van der Waals surface area contributed by atoms with Crippen LogP contribution in [0.15, 0.2) is 53.6 Å². The highest BCUT2D eigenvalue weighted by molar-refractivity contribution is 6.30. The van der Waals surface area contributed by atoms with Crippen molar-refractivity contribution in [2.75, 3.05) is 0 Å². The van der Waals surface area contributed by atoms with Crippen molar-refractivity contribution < 1.29 is 36.2 Å². The second-order valence-corrected chi connectivity index (χ2v) is 8.41. The van der Waals surface area contributed by atoms with E-state index in [4.69, 9.17) is 21.1 Å². The van der Waals surface area contributed by atoms with E-state index in [2.05, 4.69) is 0 Å². The van der Waals surface area contributed by atoms with Gasteiger partial charge in [0.15, 0.2) is 23.1 Å². The lowest BCUT2D eigenvalue weighted by atomic mass is 10.1. The van der Waals surface area contributed by atoms with E-state index in [9.17, 15) is 32.0 Å². The summed E-state index contributed by atoms with van der Waals surface area (Å²) in [5.41, 5.74) is -0.831. The van der Waals surface area contributed by atoms with Crippen LogP contribution >= 0.6 is 11.6 Å². The molecule has 0 amide bonds. The van der Waals surface area contributed by atoms with Gasteiger partial charge in [0.1, 0.15) is 11.1 Å². The smallest absolute Gasteiger partial charge is 0.426 e. The first kappa shape index (κ1) is 24.5. The van der Waals surface area contributed by atoms with Gasteiger partial charge in [-0.15, -0.1) is 0 Å². The van der Waals surface area contributed by atoms with Gasteiger partial charge in [0, 0.05) is 5.56 Å². The third kappa shape index (κ3) is 5.28. The minimum atomic E-state index is -4.74. The predicted octanol–water partition coefficient (Wildman–Crippen LogP) is 6.82. The van der Waals surface area contributed by atoms with Crippen molar-refractivity contribution in [3.8, 4) is 17.6 Å². The summed E-state index contributed by atoms with van der Waals surface area (Å²) in [4.78, 5) is 12.6. The van der Waals surface area contributed by atoms with Gasteiger partial charge in [0.25, 0.3) is 0 Å². The van der Waals surface area contributed by atoms with Crippen LogP contribution in [0.5, 0.6) is 11.5 Å². The summed E-state index contributed by atoms with van der Waals surface area (Å²) in [6, 6.07) is 10.3. The Balaban J connectivity index is 1.78. The zero-order valence-electron chi connectivity index (χ0n) is 17.3. The Morgan fingerprint density at radius 2 is 1.79 bits per heavy atom. The number of benzene rings is 2. The molecule has 3 rings (SSSR count). The highest BCUT2D eigenvalue weighted by Crippen LogP contribution is 2.60. The normalized spacial score (nSPS) is 20.5. The fraction of sp³-hybridized carbons (Fsp3) is 0.304. The number of nitrogens with zero attached hydrogens (tertiary/aromatic N) is 1. The molecular weight excluding hydrogens is 469 g/mol. The Labute approximate surface area is 191 Å². The molecule has 0 radical (unpaired) electrons. The van der Waals surface area contributed by atoms with E-state index < -0.39 is 57.9 Å². The number of carbonyl (C=O) groups excluding carboxylic acids is 1. The molecule has 1 saturated carbocycles. The van der Waals surface area contributed by atoms with Crippen LogP contribution in [0.3, 0.4) is 0 Å². The summed E-state index contributed by atoms with van der Waals surface area (Å²) in [5, 5.41) is 8.12. The lowest BCUT2D eigenvalue weighted by molar-refractivity contribution is -0.149. The highest BCUT2D eigenvalue weighted by atomic mass is 35.5. The minimum absolute atomic E-state index is 0.0393. The number of halogens is 6. The monoisotopic (exact) mass is 485 g/mol. The Hall–Kier alpha value is -3.12. The van der Waals surface area contributed by atoms with Crippen LogP contribution in [-0.4, -0.2) is 12.1 Å². The van der Waals surface area contributed by atoms with E-state index in [1.165, 1.54) is 24.3 Å². The molecule has 0 saturated heterocycles. The van der Waals surface area contributed by atoms with Gasteiger partial charge in [-0.05, 0) is 35.6 Å². The van der Waals surface area contributed by atoms with Gasteiger partial charge in [0.05, 0.1) is 5.92 Å². The van der Waals surface area contributed by atoms with Crippen LogP contribution in [0.25, 0.3) is 0 Å². The summed E-state index contributed by atoms with van der Waals surface area (Å²) in [6.07, 6.45) is -5.49. The number of ether oxygens (including phenoxy) is 2. The molecule has 1 aliphatic carbocycles. The highest BCUT2D eigenvalue weighted by Gasteiger charge is 2.62. The maximum absolute atomic E-state index is 14.2. The number of carbonyl (C=O) groups is 1. The molecule has 2 aromatic carbocycles. The molecule has 0 aromatic heterocycles. The summed E-state index contributed by atoms with van der Waals surface area (Å²) in [5.74, 6) is -4.95. The van der Waals surface area contributed by atoms with Crippen LogP contribution in [0.1, 0.15) is 25.5 Å². The maximum atomic E-state index is 14.2. The summed E-state index contributed by atoms with van der Waals surface area (Å²) >= 11 is 5.28. The molecule has 174 valence electrons. The molecule has 1 aliphatic rings. The van der Waals surface area contributed by atoms with Gasteiger partial charge in [-0.2, -0.15) is 18.4 Å². The van der Waals surface area contributed by atoms with E-state index >= 15 is 0 Å². The van der Waals surface area contributed by atoms with E-state index in [-0.39, 0.29) is 11.3 Å². The molecule has 0 bridgehead atoms. The average Bonchev–Trinajstić information content (AvgIpc) is 3.28. The number of nitriles is 1. The van der Waals surface area contributed by atoms with E-state index in [0.717, 1.165) is 24.3 Å². The van der Waals surface area contributed by atoms with Crippen molar-refractivity contribution in [3.05, 3.63) is 70.8 Å². The fourth-order valence-corrected chi connectivity index (χ4v) is 3.59. The molecule has 0 heterocycles. The van der Waals surface area contributed by atoms with Gasteiger partial charge >= 0.3 is 12.1 Å². The summed E-state index contributed by atoms with van der Waals surface area (Å²) in [7, 11) is 0. The number of hydrogen-bond acceptors (Lipinski definition) is 4. The van der Waals surface area contributed by atoms with Gasteiger partial charge in [-0.25, -0.2) is 8.78 Å². The number of alkyl halides is 3. The molecule has 33 heavy (non-hydrogen) atoms. The molecule has 2 aromatic rings. The number of rotatable bonds is 6. The van der Waals surface area contributed by atoms with Crippen molar-refractivity contribution in [3.63, 3.8) is 0 Å². The number of hydrogen-bond donors (Lipinski definition) is 0. The van der Waals surface area contributed by atoms with Gasteiger partial charge in [0.2, 0.25) is 6.10 Å². The molecule has 0 unspecified atom stereocenters. The van der Waals surface area contributed by atoms with Crippen LogP contribution < -0.4 is 4.74 Å². The Kier molecular flexibility index (Phi) is 6.70. The first-order valence-electron chi connectivity index (χ1n) is 9.62. The topological polar surface area (TPSA) is 59.3 Å². The molecule has 1 fully saturated rings. The molecular formula is C23H17ClF5NO3. The standard InChI is InChI=1S/C23H17ClF5NO3/c1-22(2)13(10-19(24)23(27,28)29)20(22)21(31)33-18(11-30)12-7-8-15(26)17(9-12)32-16-6-4-3-5-14(16)25/h3-10,13,18,20H,1-2H3/b19-10-/t13-,18+,20-/m0/s1. The zero-order chi connectivity index (χ0) is 24.6. The van der Waals surface area contributed by atoms with Crippen molar-refractivity contribution in [1.82, 2.24) is 0 Å². The minimum Gasteiger partial charge on any atom is -0.451 e. The number of allylic oxidation sites excluding steroid dienone is 2. The first-order chi connectivity index (χ1) is 15.4. The zero-order valence-corrected chi connectivity index (χ0v) is 18.0. The van der Waals surface area contributed by atoms with E-state index in [1.54, 1.807) is 19.9 Å². The summed E-state index contributed by atoms with van der Waals surface area (Å²) in [6.45, 7) is 3.14. The predicted molar refractivity (Wildman–Crippen MR) is 108 cm³/mol. The Morgan fingerprint density at radius 3 is 2.39 bits per heavy atom. The van der Waals surface area contributed by atoms with Crippen molar-refractivity contribution in [2.45, 2.75) is 26.1 Å². The van der Waals surface area contributed by atoms with Crippen LogP contribution in [0.4, 0.5) is 22.0 Å². The van der Waals surface area contributed by atoms with Crippen molar-refractivity contribution in [2.24, 2.45) is 17.3 Å². The molecule has 10 heteroatoms. The van der Waals surface area contributed by atoms with E-state index in [0.29, 0.717) is 0 Å². The third-order valence-corrected chi connectivity index (χ3v) is 5.77. The fourth-order valence-electron chi connectivity index (χ4n) is 3.46. The van der Waals surface area contributed by atoms with Gasteiger partial charge < -0.3 is 9.47 Å². The average molecular weight is 486 g/mol. The van der Waals surface area contributed by atoms with E-state index in [1.807, 2.05) is 0 Å². The SMILES string of the molecule is CC1(C)[C@H](C(=O)O[C@H](C#N)c2ccc(F)c(Oc3ccccc3F)c2)[C@@H]1/C=C(\Cl)C(F)(F)F. The van der Waals surface area contributed by atoms with Crippen molar-refractivity contribution in [1.29, 1.82) is 5.26 Å². The lowest BCUT2D eigenvalue weighted by Crippen LogP contribution is -2.15. The second kappa shape index (κ2) is 9.02. The van der Waals surface area contributed by atoms with Crippen LogP contribution in [0.2, 0.25) is 0 Å². The Bertz CT molecular complexity index is 1140. The molecule has 0 N–H and O–H groups in total. The first-order valence-corrected chi connectivity index (χ1v) is 10.0. The summed E-state index contributed by atoms with van der Waals surface area (Å²) < 4.78 is 76.6. The largest absolute Gasteiger partial charge is 0.451 e. The Morgan fingerprint density at radius 1 is 1.15 bits per heavy atom. The van der Waals surface area contributed by atoms with Crippen molar-refractivity contribution >= 4 is 17.6 Å². The van der Waals surface area contributed by atoms with Gasteiger partial charge in [-0.3, -0.25) is 4.79 Å². The second-order valence-electron chi connectivity index (χ2n) is 8.01. The maximum Gasteiger partial charge on any atom is 0.426 e. The van der Waals surface area contributed by atoms with Crippen LogP contribution in [0, 0.1) is 40.2 Å². The number of para-hydroxylation sites is 1. The van der Waals surface area contributed by atoms with Gasteiger partial charge in [-0.1, -0.05) is 49.7 Å². The number of esters is 1. The quantitative estimate of drug-likeness (QED) is 0.332. The third-order valence-electron chi connectivity index (χ3n) is 5.43. The molecule has 4 nitrogen and oxygen atoms in total. The van der Waals surface area contributed by atoms with Crippen LogP contribution in [-0.2, 0) is 9.53 Å². The molecule has 0 aliphatic heterocycles. The molecule has 3 atom stereocenters. The molecule has 0 spiro atoms.